The smallest absolute Gasteiger partial charge is 0.327 e. The summed E-state index contributed by atoms with van der Waals surface area (Å²) >= 11 is 12.9. The Balaban J connectivity index is 1.35. The van der Waals surface area contributed by atoms with Crippen LogP contribution in [0.15, 0.2) is 42.7 Å². The molecule has 2 fully saturated rings. The number of methoxy groups -OCH3 is 2. The quantitative estimate of drug-likeness (QED) is 0.193. The van der Waals surface area contributed by atoms with Crippen LogP contribution in [-0.4, -0.2) is 86.7 Å². The Morgan fingerprint density at radius 2 is 1.70 bits per heavy atom. The minimum absolute atomic E-state index is 0.107. The number of carbonyl (C=O) groups excluding carboxylic acids is 3. The van der Waals surface area contributed by atoms with Crippen LogP contribution >= 0.6 is 23.2 Å². The normalized spacial score (nSPS) is 14.9. The number of nitrogens with one attached hydrogen (secondary N) is 3. The molecule has 2 aliphatic rings. The van der Waals surface area contributed by atoms with Gasteiger partial charge < -0.3 is 25.0 Å². The van der Waals surface area contributed by atoms with Gasteiger partial charge in [0, 0.05) is 74.4 Å². The summed E-state index contributed by atoms with van der Waals surface area (Å²) in [6, 6.07) is 9.15. The Hall–Kier alpha value is -4.59. The fourth-order valence-electron chi connectivity index (χ4n) is 5.08. The van der Waals surface area contributed by atoms with Gasteiger partial charge in [0.15, 0.2) is 0 Å². The number of hydrogen-bond donors (Lipinski definition) is 3. The molecular formula is C31H34Cl2N8O5. The third-order valence-corrected chi connectivity index (χ3v) is 8.51. The molecule has 3 aromatic rings. The molecule has 1 aliphatic heterocycles. The highest BCUT2D eigenvalue weighted by Crippen LogP contribution is 2.44. The summed E-state index contributed by atoms with van der Waals surface area (Å²) in [5.41, 5.74) is 2.48. The van der Waals surface area contributed by atoms with Crippen LogP contribution < -0.4 is 35.2 Å². The van der Waals surface area contributed by atoms with E-state index >= 15 is 0 Å². The molecule has 46 heavy (non-hydrogen) atoms. The molecule has 1 saturated heterocycles. The summed E-state index contributed by atoms with van der Waals surface area (Å²) in [7, 11) is 4.40. The lowest BCUT2D eigenvalue weighted by Crippen LogP contribution is -2.47. The number of benzene rings is 2. The third kappa shape index (κ3) is 7.61. The second-order valence-corrected chi connectivity index (χ2v) is 11.4. The molecule has 1 aromatic heterocycles. The Labute approximate surface area is 276 Å². The zero-order chi connectivity index (χ0) is 32.8. The summed E-state index contributed by atoms with van der Waals surface area (Å²) in [4.78, 5) is 50.7. The van der Waals surface area contributed by atoms with Crippen molar-refractivity contribution < 1.29 is 23.9 Å². The number of piperazine rings is 1. The number of hydrogen-bond acceptors (Lipinski definition) is 10. The van der Waals surface area contributed by atoms with E-state index in [1.807, 2.05) is 18.2 Å². The zero-order valence-corrected chi connectivity index (χ0v) is 27.1. The fourth-order valence-corrected chi connectivity index (χ4v) is 5.68. The lowest BCUT2D eigenvalue weighted by atomic mass is 10.1. The van der Waals surface area contributed by atoms with Gasteiger partial charge in [0.2, 0.25) is 12.3 Å². The molecule has 4 amide bonds. The third-order valence-electron chi connectivity index (χ3n) is 7.76. The van der Waals surface area contributed by atoms with Crippen molar-refractivity contribution in [2.75, 3.05) is 67.9 Å². The highest BCUT2D eigenvalue weighted by atomic mass is 35.5. The maximum Gasteiger partial charge on any atom is 0.327 e. The van der Waals surface area contributed by atoms with Crippen molar-refractivity contribution >= 4 is 76.3 Å². The van der Waals surface area contributed by atoms with E-state index < -0.39 is 11.9 Å². The molecule has 0 unspecified atom stereocenters. The van der Waals surface area contributed by atoms with E-state index in [2.05, 4.69) is 35.7 Å². The predicted octanol–water partition coefficient (Wildman–Crippen LogP) is 4.78. The first kappa shape index (κ1) is 32.8. The molecular weight excluding hydrogens is 635 g/mol. The van der Waals surface area contributed by atoms with Crippen LogP contribution in [0.2, 0.25) is 10.0 Å². The second kappa shape index (κ2) is 14.7. The summed E-state index contributed by atoms with van der Waals surface area (Å²) in [6.45, 7) is 3.82. The molecule has 3 N–H and O–H groups in total. The molecule has 0 atom stereocenters. The Morgan fingerprint density at radius 3 is 2.33 bits per heavy atom. The van der Waals surface area contributed by atoms with Crippen LogP contribution in [0.3, 0.4) is 0 Å². The van der Waals surface area contributed by atoms with E-state index in [1.54, 1.807) is 12.1 Å². The van der Waals surface area contributed by atoms with Crippen LogP contribution in [0, 0.1) is 0 Å². The number of halogens is 2. The van der Waals surface area contributed by atoms with Crippen LogP contribution in [0.1, 0.15) is 18.4 Å². The van der Waals surface area contributed by atoms with Gasteiger partial charge in [0.1, 0.15) is 39.5 Å². The molecule has 242 valence electrons. The molecule has 1 saturated carbocycles. The van der Waals surface area contributed by atoms with Crippen molar-refractivity contribution in [3.8, 4) is 11.5 Å². The van der Waals surface area contributed by atoms with E-state index in [0.717, 1.165) is 37.9 Å². The van der Waals surface area contributed by atoms with Crippen molar-refractivity contribution in [3.63, 3.8) is 0 Å². The lowest BCUT2D eigenvalue weighted by Gasteiger charge is -2.36. The summed E-state index contributed by atoms with van der Waals surface area (Å²) in [5.74, 6) is 0.658. The van der Waals surface area contributed by atoms with Crippen LogP contribution in [0.4, 0.5) is 33.5 Å². The minimum atomic E-state index is -0.584. The molecule has 1 aliphatic carbocycles. The number of rotatable bonds is 11. The first-order chi connectivity index (χ1) is 22.2. The molecule has 13 nitrogen and oxygen atoms in total. The maximum absolute atomic E-state index is 13.2. The van der Waals surface area contributed by atoms with Crippen molar-refractivity contribution in [2.45, 2.75) is 18.9 Å². The van der Waals surface area contributed by atoms with E-state index in [9.17, 15) is 14.4 Å². The first-order valence-electron chi connectivity index (χ1n) is 14.5. The Bertz CT molecular complexity index is 1620. The van der Waals surface area contributed by atoms with Gasteiger partial charge in [-0.2, -0.15) is 0 Å². The van der Waals surface area contributed by atoms with Crippen molar-refractivity contribution in [3.05, 3.63) is 58.3 Å². The molecule has 0 bridgehead atoms. The minimum Gasteiger partial charge on any atom is -0.495 e. The summed E-state index contributed by atoms with van der Waals surface area (Å²) < 4.78 is 10.6. The van der Waals surface area contributed by atoms with Crippen LogP contribution in [0.25, 0.3) is 6.08 Å². The van der Waals surface area contributed by atoms with E-state index in [4.69, 9.17) is 32.7 Å². The molecule has 2 heterocycles. The van der Waals surface area contributed by atoms with Gasteiger partial charge in [-0.3, -0.25) is 24.7 Å². The molecule has 0 spiro atoms. The number of imide groups is 1. The van der Waals surface area contributed by atoms with Gasteiger partial charge in [-0.25, -0.2) is 14.8 Å². The molecule has 5 rings (SSSR count). The summed E-state index contributed by atoms with van der Waals surface area (Å²) in [5, 5.41) is 8.28. The van der Waals surface area contributed by atoms with Crippen molar-refractivity contribution in [1.29, 1.82) is 0 Å². The number of nitrogens with zero attached hydrogens (tertiary/aromatic N) is 5. The maximum atomic E-state index is 13.2. The van der Waals surface area contributed by atoms with Gasteiger partial charge in [-0.15, -0.1) is 0 Å². The van der Waals surface area contributed by atoms with Crippen LogP contribution in [-0.2, 0) is 9.59 Å². The second-order valence-electron chi connectivity index (χ2n) is 10.6. The van der Waals surface area contributed by atoms with Gasteiger partial charge in [0.05, 0.1) is 19.9 Å². The lowest BCUT2D eigenvalue weighted by molar-refractivity contribution is -0.121. The Kier molecular flexibility index (Phi) is 10.5. The largest absolute Gasteiger partial charge is 0.495 e. The SMILES string of the molecule is COc1cc(OC)c(Cl)c(NC(=O)N(C)c2cc(Nc3ccc(N4CCN(C5CC5)CC4)cc3C=CC(=O)NC=O)ncn2)c1Cl. The number of anilines is 5. The average Bonchev–Trinajstić information content (AvgIpc) is 3.92. The fraction of sp³-hybridized carbons (Fsp3) is 0.323. The number of carbonyl (C=O) groups is 3. The van der Waals surface area contributed by atoms with Gasteiger partial charge in [-0.1, -0.05) is 23.2 Å². The number of aromatic nitrogens is 2. The monoisotopic (exact) mass is 668 g/mol. The first-order valence-corrected chi connectivity index (χ1v) is 15.3. The number of ether oxygens (including phenoxy) is 2. The summed E-state index contributed by atoms with van der Waals surface area (Å²) in [6.07, 6.45) is 7.13. The zero-order valence-electron chi connectivity index (χ0n) is 25.5. The van der Waals surface area contributed by atoms with E-state index in [-0.39, 0.29) is 33.0 Å². The number of urea groups is 1. The van der Waals surface area contributed by atoms with Gasteiger partial charge in [0.25, 0.3) is 0 Å². The van der Waals surface area contributed by atoms with Crippen molar-refractivity contribution in [2.24, 2.45) is 0 Å². The highest BCUT2D eigenvalue weighted by Gasteiger charge is 2.31. The van der Waals surface area contributed by atoms with E-state index in [0.29, 0.717) is 23.5 Å². The highest BCUT2D eigenvalue weighted by molar-refractivity contribution is 6.41. The Morgan fingerprint density at radius 1 is 1.00 bits per heavy atom. The molecule has 0 radical (unpaired) electrons. The average molecular weight is 670 g/mol. The van der Waals surface area contributed by atoms with Gasteiger partial charge in [-0.05, 0) is 37.1 Å². The predicted molar refractivity (Wildman–Crippen MR) is 179 cm³/mol. The molecule has 2 aromatic carbocycles. The standard InChI is InChI=1S/C31H34Cl2N8O5/c1-39(31(44)38-30-28(32)23(45-2)15-24(46-3)29(30)33)26-16-25(34-17-35-26)37-22-8-7-21(14-19(22)4-9-27(43)36-18-42)41-12-10-40(11-13-41)20-5-6-20/h4,7-9,14-18,20H,5-6,10-13H2,1-3H3,(H,38,44)(H,34,35,37)(H,36,42,43). The van der Waals surface area contributed by atoms with Crippen molar-refractivity contribution in [1.82, 2.24) is 20.2 Å². The van der Waals surface area contributed by atoms with Crippen LogP contribution in [0.5, 0.6) is 11.5 Å². The van der Waals surface area contributed by atoms with E-state index in [1.165, 1.54) is 57.5 Å². The molecule has 15 heteroatoms. The topological polar surface area (TPSA) is 141 Å². The number of amides is 4. The van der Waals surface area contributed by atoms with Gasteiger partial charge >= 0.3 is 6.03 Å².